The van der Waals surface area contributed by atoms with Crippen molar-refractivity contribution < 1.29 is 4.74 Å². The molecule has 2 aromatic rings. The Bertz CT molecular complexity index is 653. The minimum atomic E-state index is -0.0337. The lowest BCUT2D eigenvalue weighted by atomic mass is 10.2. The molecule has 1 aliphatic carbocycles. The fraction of sp³-hybridized carbons (Fsp3) is 0.467. The van der Waals surface area contributed by atoms with Crippen molar-refractivity contribution in [3.05, 3.63) is 46.5 Å². The van der Waals surface area contributed by atoms with Gasteiger partial charge in [-0.1, -0.05) is 6.07 Å². The fourth-order valence-electron chi connectivity index (χ4n) is 2.78. The maximum absolute atomic E-state index is 12.0. The molecular weight excluding hydrogens is 254 g/mol. The van der Waals surface area contributed by atoms with E-state index in [1.54, 1.807) is 23.8 Å². The third-order valence-corrected chi connectivity index (χ3v) is 3.91. The molecule has 1 fully saturated rings. The average Bonchev–Trinajstić information content (AvgIpc) is 2.93. The molecule has 2 atom stereocenters. The number of pyridine rings is 1. The number of nitrogens with one attached hydrogen (secondary N) is 1. The minimum Gasteiger partial charge on any atom is -0.381 e. The zero-order valence-electron chi connectivity index (χ0n) is 11.6. The zero-order valence-corrected chi connectivity index (χ0v) is 11.6. The van der Waals surface area contributed by atoms with E-state index in [-0.39, 0.29) is 5.56 Å². The smallest absolute Gasteiger partial charge is 0.258 e. The maximum Gasteiger partial charge on any atom is 0.258 e. The number of rotatable bonds is 4. The number of fused-ring (bicyclic) bond motifs is 1. The summed E-state index contributed by atoms with van der Waals surface area (Å²) in [6.07, 6.45) is 5.35. The predicted molar refractivity (Wildman–Crippen MR) is 76.7 cm³/mol. The molecule has 0 aliphatic heterocycles. The Morgan fingerprint density at radius 2 is 2.35 bits per heavy atom. The van der Waals surface area contributed by atoms with Crippen molar-refractivity contribution in [3.63, 3.8) is 0 Å². The first-order valence-corrected chi connectivity index (χ1v) is 7.00. The van der Waals surface area contributed by atoms with Crippen LogP contribution < -0.4 is 10.9 Å². The summed E-state index contributed by atoms with van der Waals surface area (Å²) in [6, 6.07) is 7.62. The third-order valence-electron chi connectivity index (χ3n) is 3.91. The van der Waals surface area contributed by atoms with Crippen LogP contribution in [0.1, 0.15) is 25.0 Å². The molecule has 0 radical (unpaired) electrons. The first-order chi connectivity index (χ1) is 9.76. The molecule has 0 saturated heterocycles. The standard InChI is InChI=1S/C15H19N3O2/c1-20-13-6-5-11(8-13)16-10-12-9-15(19)18-7-3-2-4-14(18)17-12/h2-4,7,9,11,13,16H,5-6,8,10H2,1H3. The van der Waals surface area contributed by atoms with Gasteiger partial charge < -0.3 is 10.1 Å². The van der Waals surface area contributed by atoms with Crippen molar-refractivity contribution in [2.45, 2.75) is 38.0 Å². The number of methoxy groups -OCH3 is 1. The molecule has 5 heteroatoms. The largest absolute Gasteiger partial charge is 0.381 e. The third kappa shape index (κ3) is 2.73. The Kier molecular flexibility index (Phi) is 3.80. The predicted octanol–water partition coefficient (Wildman–Crippen LogP) is 1.35. The van der Waals surface area contributed by atoms with Crippen LogP contribution >= 0.6 is 0 Å². The highest BCUT2D eigenvalue weighted by molar-refractivity contribution is 5.37. The van der Waals surface area contributed by atoms with E-state index in [0.717, 1.165) is 25.0 Å². The highest BCUT2D eigenvalue weighted by Crippen LogP contribution is 2.21. The molecule has 20 heavy (non-hydrogen) atoms. The molecule has 1 N–H and O–H groups in total. The van der Waals surface area contributed by atoms with Crippen LogP contribution in [0.5, 0.6) is 0 Å². The van der Waals surface area contributed by atoms with Crippen LogP contribution in [0.25, 0.3) is 5.65 Å². The van der Waals surface area contributed by atoms with Gasteiger partial charge in [0.05, 0.1) is 11.8 Å². The molecule has 1 saturated carbocycles. The van der Waals surface area contributed by atoms with E-state index in [2.05, 4.69) is 10.3 Å². The second kappa shape index (κ2) is 5.73. The molecular formula is C15H19N3O2. The SMILES string of the molecule is COC1CCC(NCc2cc(=O)n3ccccc3n2)C1. The second-order valence-electron chi connectivity index (χ2n) is 5.26. The summed E-state index contributed by atoms with van der Waals surface area (Å²) in [4.78, 5) is 16.5. The van der Waals surface area contributed by atoms with Crippen LogP contribution in [0.15, 0.2) is 35.3 Å². The lowest BCUT2D eigenvalue weighted by Crippen LogP contribution is -2.28. The highest BCUT2D eigenvalue weighted by atomic mass is 16.5. The van der Waals surface area contributed by atoms with Crippen LogP contribution in [0.3, 0.4) is 0 Å². The van der Waals surface area contributed by atoms with Crippen LogP contribution in [-0.4, -0.2) is 28.6 Å². The first-order valence-electron chi connectivity index (χ1n) is 7.00. The van der Waals surface area contributed by atoms with E-state index in [1.807, 2.05) is 18.2 Å². The van der Waals surface area contributed by atoms with Gasteiger partial charge in [-0.05, 0) is 31.4 Å². The van der Waals surface area contributed by atoms with Gasteiger partial charge in [-0.15, -0.1) is 0 Å². The topological polar surface area (TPSA) is 55.6 Å². The number of hydrogen-bond acceptors (Lipinski definition) is 4. The van der Waals surface area contributed by atoms with Crippen molar-refractivity contribution >= 4 is 5.65 Å². The quantitative estimate of drug-likeness (QED) is 0.913. The lowest BCUT2D eigenvalue weighted by molar-refractivity contribution is 0.107. The summed E-state index contributed by atoms with van der Waals surface area (Å²) in [6.45, 7) is 0.627. The summed E-state index contributed by atoms with van der Waals surface area (Å²) in [5.41, 5.74) is 1.45. The Morgan fingerprint density at radius 3 is 3.15 bits per heavy atom. The summed E-state index contributed by atoms with van der Waals surface area (Å²) < 4.78 is 6.92. The van der Waals surface area contributed by atoms with E-state index >= 15 is 0 Å². The van der Waals surface area contributed by atoms with Crippen molar-refractivity contribution in [2.24, 2.45) is 0 Å². The molecule has 0 spiro atoms. The molecule has 106 valence electrons. The number of ether oxygens (including phenoxy) is 1. The Morgan fingerprint density at radius 1 is 1.45 bits per heavy atom. The summed E-state index contributed by atoms with van der Waals surface area (Å²) in [7, 11) is 1.76. The normalized spacial score (nSPS) is 22.4. The second-order valence-corrected chi connectivity index (χ2v) is 5.26. The van der Waals surface area contributed by atoms with Crippen molar-refractivity contribution in [3.8, 4) is 0 Å². The molecule has 3 rings (SSSR count). The van der Waals surface area contributed by atoms with E-state index in [0.29, 0.717) is 24.3 Å². The molecule has 1 aliphatic rings. The van der Waals surface area contributed by atoms with E-state index in [1.165, 1.54) is 0 Å². The summed E-state index contributed by atoms with van der Waals surface area (Å²) in [5.74, 6) is 0. The van der Waals surface area contributed by atoms with Gasteiger partial charge in [-0.3, -0.25) is 9.20 Å². The van der Waals surface area contributed by atoms with Gasteiger partial charge in [0.2, 0.25) is 0 Å². The van der Waals surface area contributed by atoms with Gasteiger partial charge in [0.15, 0.2) is 0 Å². The van der Waals surface area contributed by atoms with Gasteiger partial charge in [0.1, 0.15) is 5.65 Å². The number of hydrogen-bond donors (Lipinski definition) is 1. The van der Waals surface area contributed by atoms with E-state index < -0.39 is 0 Å². The number of nitrogens with zero attached hydrogens (tertiary/aromatic N) is 2. The average molecular weight is 273 g/mol. The van der Waals surface area contributed by atoms with E-state index in [9.17, 15) is 4.79 Å². The summed E-state index contributed by atoms with van der Waals surface area (Å²) in [5, 5.41) is 3.46. The molecule has 2 aromatic heterocycles. The molecule has 0 bridgehead atoms. The van der Waals surface area contributed by atoms with Gasteiger partial charge >= 0.3 is 0 Å². The van der Waals surface area contributed by atoms with Gasteiger partial charge in [0.25, 0.3) is 5.56 Å². The molecule has 2 unspecified atom stereocenters. The number of aromatic nitrogens is 2. The summed E-state index contributed by atoms with van der Waals surface area (Å²) >= 11 is 0. The van der Waals surface area contributed by atoms with Crippen LogP contribution in [0.4, 0.5) is 0 Å². The van der Waals surface area contributed by atoms with Crippen LogP contribution in [0.2, 0.25) is 0 Å². The highest BCUT2D eigenvalue weighted by Gasteiger charge is 2.23. The fourth-order valence-corrected chi connectivity index (χ4v) is 2.78. The lowest BCUT2D eigenvalue weighted by Gasteiger charge is -2.12. The van der Waals surface area contributed by atoms with Gasteiger partial charge in [-0.2, -0.15) is 0 Å². The van der Waals surface area contributed by atoms with Crippen molar-refractivity contribution in [2.75, 3.05) is 7.11 Å². The maximum atomic E-state index is 12.0. The Hall–Kier alpha value is -1.72. The van der Waals surface area contributed by atoms with Gasteiger partial charge in [-0.25, -0.2) is 4.98 Å². The molecule has 0 amide bonds. The molecule has 0 aromatic carbocycles. The van der Waals surface area contributed by atoms with Crippen molar-refractivity contribution in [1.82, 2.24) is 14.7 Å². The molecule has 2 heterocycles. The zero-order chi connectivity index (χ0) is 13.9. The van der Waals surface area contributed by atoms with Crippen molar-refractivity contribution in [1.29, 1.82) is 0 Å². The molecule has 5 nitrogen and oxygen atoms in total. The van der Waals surface area contributed by atoms with Crippen LogP contribution in [-0.2, 0) is 11.3 Å². The monoisotopic (exact) mass is 273 g/mol. The minimum absolute atomic E-state index is 0.0337. The van der Waals surface area contributed by atoms with Gasteiger partial charge in [0, 0.05) is 32.0 Å². The first kappa shape index (κ1) is 13.3. The van der Waals surface area contributed by atoms with Crippen LogP contribution in [0, 0.1) is 0 Å². The van der Waals surface area contributed by atoms with E-state index in [4.69, 9.17) is 4.74 Å². The Labute approximate surface area is 117 Å². The Balaban J connectivity index is 1.70.